The third-order valence-corrected chi connectivity index (χ3v) is 4.08. The quantitative estimate of drug-likeness (QED) is 0.903. The molecule has 2 aromatic heterocycles. The van der Waals surface area contributed by atoms with Crippen molar-refractivity contribution in [3.05, 3.63) is 35.5 Å². The van der Waals surface area contributed by atoms with Crippen LogP contribution in [-0.4, -0.2) is 31.8 Å². The lowest BCUT2D eigenvalue weighted by atomic mass is 10.1. The standard InChI is InChI=1S/C18H25N5O2/c1-11(2)15-21-16-14(8-6-10-23(16)22-15)20-17(24)13-7-5-9-19-18(13)25-12(3)4/h5,7,9,11-12,14H,6,8,10H2,1-4H3,(H,20,24)/t14-/m0/s1. The molecule has 7 heteroatoms. The van der Waals surface area contributed by atoms with E-state index in [1.165, 1.54) is 0 Å². The molecule has 0 aromatic carbocycles. The zero-order valence-corrected chi connectivity index (χ0v) is 15.2. The van der Waals surface area contributed by atoms with E-state index in [0.717, 1.165) is 31.0 Å². The summed E-state index contributed by atoms with van der Waals surface area (Å²) in [5.41, 5.74) is 0.442. The van der Waals surface area contributed by atoms with E-state index in [1.54, 1.807) is 18.3 Å². The van der Waals surface area contributed by atoms with Crippen LogP contribution in [0.3, 0.4) is 0 Å². The average molecular weight is 343 g/mol. The fourth-order valence-electron chi connectivity index (χ4n) is 2.87. The Morgan fingerprint density at radius 1 is 1.36 bits per heavy atom. The minimum absolute atomic E-state index is 0.0483. The number of ether oxygens (including phenoxy) is 1. The van der Waals surface area contributed by atoms with Crippen LogP contribution in [0.25, 0.3) is 0 Å². The fraction of sp³-hybridized carbons (Fsp3) is 0.556. The van der Waals surface area contributed by atoms with Crippen molar-refractivity contribution in [2.45, 2.75) is 65.1 Å². The van der Waals surface area contributed by atoms with E-state index in [2.05, 4.69) is 34.2 Å². The van der Waals surface area contributed by atoms with Crippen molar-refractivity contribution in [2.75, 3.05) is 0 Å². The van der Waals surface area contributed by atoms with E-state index in [-0.39, 0.29) is 24.0 Å². The molecule has 0 saturated carbocycles. The first-order chi connectivity index (χ1) is 12.0. The van der Waals surface area contributed by atoms with Crippen LogP contribution in [0.5, 0.6) is 5.88 Å². The van der Waals surface area contributed by atoms with Crippen LogP contribution in [0, 0.1) is 0 Å². The number of fused-ring (bicyclic) bond motifs is 1. The van der Waals surface area contributed by atoms with Crippen LogP contribution >= 0.6 is 0 Å². The van der Waals surface area contributed by atoms with E-state index in [4.69, 9.17) is 4.74 Å². The zero-order valence-electron chi connectivity index (χ0n) is 15.2. The monoisotopic (exact) mass is 343 g/mol. The number of rotatable bonds is 5. The van der Waals surface area contributed by atoms with Crippen LogP contribution in [0.15, 0.2) is 18.3 Å². The predicted molar refractivity (Wildman–Crippen MR) is 93.6 cm³/mol. The molecule has 0 aliphatic carbocycles. The predicted octanol–water partition coefficient (Wildman–Crippen LogP) is 2.85. The SMILES string of the molecule is CC(C)Oc1ncccc1C(=O)N[C@H]1CCCn2nc(C(C)C)nc21. The van der Waals surface area contributed by atoms with Gasteiger partial charge in [0.25, 0.3) is 5.91 Å². The maximum Gasteiger partial charge on any atom is 0.257 e. The first-order valence-electron chi connectivity index (χ1n) is 8.83. The molecule has 3 heterocycles. The molecular formula is C18H25N5O2. The van der Waals surface area contributed by atoms with Crippen LogP contribution in [0.2, 0.25) is 0 Å². The Morgan fingerprint density at radius 3 is 2.88 bits per heavy atom. The lowest BCUT2D eigenvalue weighted by Crippen LogP contribution is -2.33. The second kappa shape index (κ2) is 7.21. The average Bonchev–Trinajstić information content (AvgIpc) is 3.00. The highest BCUT2D eigenvalue weighted by atomic mass is 16.5. The van der Waals surface area contributed by atoms with Gasteiger partial charge in [-0.2, -0.15) is 5.10 Å². The van der Waals surface area contributed by atoms with Crippen molar-refractivity contribution in [1.29, 1.82) is 0 Å². The molecule has 0 radical (unpaired) electrons. The molecule has 0 unspecified atom stereocenters. The molecule has 0 bridgehead atoms. The maximum absolute atomic E-state index is 12.8. The highest BCUT2D eigenvalue weighted by Gasteiger charge is 2.27. The van der Waals surface area contributed by atoms with Gasteiger partial charge in [0.1, 0.15) is 11.4 Å². The molecule has 1 amide bonds. The number of carbonyl (C=O) groups is 1. The van der Waals surface area contributed by atoms with Gasteiger partial charge in [-0.3, -0.25) is 4.79 Å². The summed E-state index contributed by atoms with van der Waals surface area (Å²) >= 11 is 0. The number of hydrogen-bond acceptors (Lipinski definition) is 5. The number of carbonyl (C=O) groups excluding carboxylic acids is 1. The summed E-state index contributed by atoms with van der Waals surface area (Å²) in [5.74, 6) is 2.07. The highest BCUT2D eigenvalue weighted by molar-refractivity contribution is 5.96. The molecule has 3 rings (SSSR count). The molecule has 25 heavy (non-hydrogen) atoms. The molecular weight excluding hydrogens is 318 g/mol. The van der Waals surface area contributed by atoms with Crippen LogP contribution in [0.4, 0.5) is 0 Å². The minimum Gasteiger partial charge on any atom is -0.474 e. The van der Waals surface area contributed by atoms with Crippen molar-refractivity contribution >= 4 is 5.91 Å². The first kappa shape index (κ1) is 17.4. The van der Waals surface area contributed by atoms with Crippen LogP contribution in [0.1, 0.15) is 74.5 Å². The van der Waals surface area contributed by atoms with Gasteiger partial charge in [-0.05, 0) is 38.8 Å². The van der Waals surface area contributed by atoms with Gasteiger partial charge in [-0.1, -0.05) is 13.8 Å². The summed E-state index contributed by atoms with van der Waals surface area (Å²) in [6.45, 7) is 8.80. The van der Waals surface area contributed by atoms with Gasteiger partial charge >= 0.3 is 0 Å². The Hall–Kier alpha value is -2.44. The Bertz CT molecular complexity index is 754. The summed E-state index contributed by atoms with van der Waals surface area (Å²) < 4.78 is 7.57. The second-order valence-electron chi connectivity index (χ2n) is 6.90. The van der Waals surface area contributed by atoms with E-state index < -0.39 is 0 Å². The Morgan fingerprint density at radius 2 is 2.16 bits per heavy atom. The summed E-state index contributed by atoms with van der Waals surface area (Å²) in [4.78, 5) is 21.6. The highest BCUT2D eigenvalue weighted by Crippen LogP contribution is 2.26. The lowest BCUT2D eigenvalue weighted by molar-refractivity contribution is 0.0920. The van der Waals surface area contributed by atoms with Gasteiger partial charge in [0.2, 0.25) is 5.88 Å². The van der Waals surface area contributed by atoms with Gasteiger partial charge in [0.15, 0.2) is 5.82 Å². The summed E-state index contributed by atoms with van der Waals surface area (Å²) in [5, 5.41) is 7.63. The van der Waals surface area contributed by atoms with E-state index in [1.807, 2.05) is 18.5 Å². The van der Waals surface area contributed by atoms with Gasteiger partial charge in [0, 0.05) is 18.7 Å². The number of hydrogen-bond donors (Lipinski definition) is 1. The smallest absolute Gasteiger partial charge is 0.257 e. The van der Waals surface area contributed by atoms with Crippen molar-refractivity contribution in [3.63, 3.8) is 0 Å². The number of nitrogens with one attached hydrogen (secondary N) is 1. The molecule has 7 nitrogen and oxygen atoms in total. The molecule has 1 atom stereocenters. The number of pyridine rings is 1. The molecule has 134 valence electrons. The van der Waals surface area contributed by atoms with Crippen molar-refractivity contribution < 1.29 is 9.53 Å². The largest absolute Gasteiger partial charge is 0.474 e. The first-order valence-corrected chi connectivity index (χ1v) is 8.83. The summed E-state index contributed by atoms with van der Waals surface area (Å²) in [7, 11) is 0. The molecule has 1 aliphatic heterocycles. The Labute approximate surface area is 147 Å². The van der Waals surface area contributed by atoms with E-state index in [9.17, 15) is 4.79 Å². The molecule has 2 aromatic rings. The molecule has 0 fully saturated rings. The van der Waals surface area contributed by atoms with Crippen LogP contribution < -0.4 is 10.1 Å². The van der Waals surface area contributed by atoms with E-state index >= 15 is 0 Å². The number of aromatic nitrogens is 4. The Balaban J connectivity index is 1.81. The van der Waals surface area contributed by atoms with Crippen molar-refractivity contribution in [3.8, 4) is 5.88 Å². The zero-order chi connectivity index (χ0) is 18.0. The van der Waals surface area contributed by atoms with Gasteiger partial charge in [-0.15, -0.1) is 0 Å². The molecule has 1 aliphatic rings. The number of nitrogens with zero attached hydrogens (tertiary/aromatic N) is 4. The normalized spacial score (nSPS) is 16.8. The third-order valence-electron chi connectivity index (χ3n) is 4.08. The topological polar surface area (TPSA) is 81.9 Å². The maximum atomic E-state index is 12.8. The molecule has 0 spiro atoms. The lowest BCUT2D eigenvalue weighted by Gasteiger charge is -2.23. The molecule has 1 N–H and O–H groups in total. The van der Waals surface area contributed by atoms with Crippen molar-refractivity contribution in [2.24, 2.45) is 0 Å². The van der Waals surface area contributed by atoms with Gasteiger partial charge < -0.3 is 10.1 Å². The number of aryl methyl sites for hydroxylation is 1. The van der Waals surface area contributed by atoms with Gasteiger partial charge in [0.05, 0.1) is 12.1 Å². The van der Waals surface area contributed by atoms with Crippen molar-refractivity contribution in [1.82, 2.24) is 25.1 Å². The number of amides is 1. The fourth-order valence-corrected chi connectivity index (χ4v) is 2.87. The Kier molecular flexibility index (Phi) is 5.01. The summed E-state index contributed by atoms with van der Waals surface area (Å²) in [6.07, 6.45) is 3.39. The minimum atomic E-state index is -0.198. The van der Waals surface area contributed by atoms with Crippen LogP contribution in [-0.2, 0) is 6.54 Å². The molecule has 0 saturated heterocycles. The second-order valence-corrected chi connectivity index (χ2v) is 6.90. The van der Waals surface area contributed by atoms with E-state index in [0.29, 0.717) is 11.4 Å². The third kappa shape index (κ3) is 3.81. The van der Waals surface area contributed by atoms with Gasteiger partial charge in [-0.25, -0.2) is 14.6 Å². The summed E-state index contributed by atoms with van der Waals surface area (Å²) in [6, 6.07) is 3.32.